The van der Waals surface area contributed by atoms with E-state index in [-0.39, 0.29) is 12.3 Å². The Morgan fingerprint density at radius 3 is 2.52 bits per heavy atom. The molecule has 1 amide bonds. The Morgan fingerprint density at radius 1 is 1.43 bits per heavy atom. The lowest BCUT2D eigenvalue weighted by Crippen LogP contribution is -2.43. The first-order valence-corrected chi connectivity index (χ1v) is 6.18. The average Bonchev–Trinajstić information content (AvgIpc) is 2.41. The van der Waals surface area contributed by atoms with Gasteiger partial charge in [0.15, 0.2) is 0 Å². The fraction of sp³-hybridized carbons (Fsp3) is 0.429. The molecule has 0 spiro atoms. The highest BCUT2D eigenvalue weighted by Crippen LogP contribution is 2.19. The minimum absolute atomic E-state index is 0.0810. The van der Waals surface area contributed by atoms with Crippen LogP contribution in [0, 0.1) is 11.8 Å². The topological polar surface area (TPSA) is 53.4 Å². The van der Waals surface area contributed by atoms with Gasteiger partial charge in [0, 0.05) is 17.8 Å². The number of carbonyl (C=O) groups is 1. The molecule has 1 rings (SSSR count). The lowest BCUT2D eigenvalue weighted by atomic mass is 10.2. The van der Waals surface area contributed by atoms with Crippen molar-refractivity contribution in [1.82, 2.24) is 9.88 Å². The van der Waals surface area contributed by atoms with Gasteiger partial charge in [-0.1, -0.05) is 11.8 Å². The molecule has 1 N–H and O–H groups in total. The van der Waals surface area contributed by atoms with Crippen molar-refractivity contribution in [3.63, 3.8) is 0 Å². The van der Waals surface area contributed by atoms with Crippen molar-refractivity contribution in [3.05, 3.63) is 29.6 Å². The van der Waals surface area contributed by atoms with E-state index in [9.17, 15) is 18.0 Å². The minimum atomic E-state index is -4.47. The van der Waals surface area contributed by atoms with Crippen LogP contribution in [-0.2, 0) is 0 Å². The van der Waals surface area contributed by atoms with E-state index in [1.165, 1.54) is 32.2 Å². The van der Waals surface area contributed by atoms with E-state index in [1.54, 1.807) is 0 Å². The number of alkyl halides is 3. The van der Waals surface area contributed by atoms with Crippen LogP contribution >= 0.6 is 0 Å². The number of aromatic nitrogens is 1. The Hall–Kier alpha value is -2.07. The highest BCUT2D eigenvalue weighted by Gasteiger charge is 2.34. The van der Waals surface area contributed by atoms with Crippen LogP contribution in [0.1, 0.15) is 29.9 Å². The standard InChI is InChI=1S/C14H15F3N2O2/c1-10(2)19(9-14(15,16)17)13(21)12-6-5-11(8-18-12)4-3-7-20/h5-6,8,10,20H,7,9H2,1-2H3. The van der Waals surface area contributed by atoms with Gasteiger partial charge in [-0.05, 0) is 26.0 Å². The molecule has 1 aromatic heterocycles. The lowest BCUT2D eigenvalue weighted by Gasteiger charge is -2.27. The number of rotatable bonds is 3. The summed E-state index contributed by atoms with van der Waals surface area (Å²) in [5, 5.41) is 8.55. The van der Waals surface area contributed by atoms with Gasteiger partial charge in [0.2, 0.25) is 0 Å². The van der Waals surface area contributed by atoms with Crippen LogP contribution in [0.2, 0.25) is 0 Å². The first-order chi connectivity index (χ1) is 9.74. The Balaban J connectivity index is 2.94. The molecule has 0 aliphatic rings. The Bertz CT molecular complexity index is 542. The number of nitrogens with zero attached hydrogens (tertiary/aromatic N) is 2. The van der Waals surface area contributed by atoms with Crippen molar-refractivity contribution in [2.24, 2.45) is 0 Å². The predicted molar refractivity (Wildman–Crippen MR) is 70.4 cm³/mol. The molecule has 114 valence electrons. The Morgan fingerprint density at radius 2 is 2.10 bits per heavy atom. The first kappa shape index (κ1) is 17.0. The molecule has 0 aromatic carbocycles. The summed E-state index contributed by atoms with van der Waals surface area (Å²) in [6, 6.07) is 2.18. The van der Waals surface area contributed by atoms with Gasteiger partial charge in [-0.25, -0.2) is 4.98 Å². The number of carbonyl (C=O) groups excluding carboxylic acids is 1. The zero-order valence-corrected chi connectivity index (χ0v) is 11.6. The average molecular weight is 300 g/mol. The van der Waals surface area contributed by atoms with Gasteiger partial charge in [0.1, 0.15) is 18.8 Å². The first-order valence-electron chi connectivity index (χ1n) is 6.18. The summed E-state index contributed by atoms with van der Waals surface area (Å²) in [5.41, 5.74) is 0.384. The van der Waals surface area contributed by atoms with Crippen LogP contribution in [0.15, 0.2) is 18.3 Å². The second-order valence-electron chi connectivity index (χ2n) is 4.53. The van der Waals surface area contributed by atoms with Gasteiger partial charge in [-0.3, -0.25) is 4.79 Å². The molecule has 7 heteroatoms. The van der Waals surface area contributed by atoms with Crippen molar-refractivity contribution in [2.45, 2.75) is 26.1 Å². The molecule has 0 aliphatic carbocycles. The van der Waals surface area contributed by atoms with Crippen LogP contribution in [0.3, 0.4) is 0 Å². The number of aliphatic hydroxyl groups excluding tert-OH is 1. The maximum atomic E-state index is 12.5. The number of pyridine rings is 1. The van der Waals surface area contributed by atoms with E-state index in [2.05, 4.69) is 16.8 Å². The van der Waals surface area contributed by atoms with E-state index >= 15 is 0 Å². The molecular weight excluding hydrogens is 285 g/mol. The van der Waals surface area contributed by atoms with Crippen LogP contribution in [0.25, 0.3) is 0 Å². The zero-order chi connectivity index (χ0) is 16.0. The van der Waals surface area contributed by atoms with Crippen molar-refractivity contribution < 1.29 is 23.1 Å². The minimum Gasteiger partial charge on any atom is -0.384 e. The molecule has 0 saturated carbocycles. The van der Waals surface area contributed by atoms with Gasteiger partial charge < -0.3 is 10.0 Å². The third-order valence-electron chi connectivity index (χ3n) is 2.53. The molecule has 1 heterocycles. The van der Waals surface area contributed by atoms with E-state index in [4.69, 9.17) is 5.11 Å². The number of halogens is 3. The summed E-state index contributed by atoms with van der Waals surface area (Å²) in [5.74, 6) is 4.20. The molecule has 0 saturated heterocycles. The van der Waals surface area contributed by atoms with E-state index in [1.807, 2.05) is 0 Å². The molecular formula is C14H15F3N2O2. The number of hydrogen-bond donors (Lipinski definition) is 1. The van der Waals surface area contributed by atoms with Crippen molar-refractivity contribution in [1.29, 1.82) is 0 Å². The molecule has 1 aromatic rings. The Labute approximate surface area is 120 Å². The van der Waals surface area contributed by atoms with E-state index in [0.29, 0.717) is 10.5 Å². The van der Waals surface area contributed by atoms with Crippen molar-refractivity contribution in [2.75, 3.05) is 13.2 Å². The largest absolute Gasteiger partial charge is 0.406 e. The molecule has 4 nitrogen and oxygen atoms in total. The molecule has 0 atom stereocenters. The second-order valence-corrected chi connectivity index (χ2v) is 4.53. The van der Waals surface area contributed by atoms with E-state index < -0.39 is 24.7 Å². The SMILES string of the molecule is CC(C)N(CC(F)(F)F)C(=O)c1ccc(C#CCO)cn1. The van der Waals surface area contributed by atoms with Crippen molar-refractivity contribution in [3.8, 4) is 11.8 Å². The fourth-order valence-electron chi connectivity index (χ4n) is 1.57. The van der Waals surface area contributed by atoms with Gasteiger partial charge in [0.05, 0.1) is 0 Å². The maximum Gasteiger partial charge on any atom is 0.406 e. The number of amides is 1. The van der Waals surface area contributed by atoms with Gasteiger partial charge in [-0.2, -0.15) is 13.2 Å². The lowest BCUT2D eigenvalue weighted by molar-refractivity contribution is -0.143. The summed E-state index contributed by atoms with van der Waals surface area (Å²) in [6.07, 6.45) is -3.19. The molecule has 0 bridgehead atoms. The number of hydrogen-bond acceptors (Lipinski definition) is 3. The normalized spacial score (nSPS) is 11.0. The highest BCUT2D eigenvalue weighted by atomic mass is 19.4. The van der Waals surface area contributed by atoms with Crippen LogP contribution < -0.4 is 0 Å². The van der Waals surface area contributed by atoms with Crippen molar-refractivity contribution >= 4 is 5.91 Å². The molecule has 0 fully saturated rings. The molecule has 0 radical (unpaired) electrons. The monoisotopic (exact) mass is 300 g/mol. The van der Waals surface area contributed by atoms with Crippen LogP contribution in [0.4, 0.5) is 13.2 Å². The van der Waals surface area contributed by atoms with Crippen LogP contribution in [-0.4, -0.2) is 46.3 Å². The number of aliphatic hydroxyl groups is 1. The zero-order valence-electron chi connectivity index (χ0n) is 11.6. The van der Waals surface area contributed by atoms with Gasteiger partial charge in [0.25, 0.3) is 5.91 Å². The summed E-state index contributed by atoms with van der Waals surface area (Å²) in [4.78, 5) is 16.6. The second kappa shape index (κ2) is 7.09. The maximum absolute atomic E-state index is 12.5. The fourth-order valence-corrected chi connectivity index (χ4v) is 1.57. The van der Waals surface area contributed by atoms with Gasteiger partial charge >= 0.3 is 6.18 Å². The molecule has 0 unspecified atom stereocenters. The summed E-state index contributed by atoms with van der Waals surface area (Å²) < 4.78 is 37.5. The quantitative estimate of drug-likeness (QED) is 0.867. The highest BCUT2D eigenvalue weighted by molar-refractivity contribution is 5.92. The summed E-state index contributed by atoms with van der Waals surface area (Å²) in [6.45, 7) is 1.38. The molecule has 0 aliphatic heterocycles. The van der Waals surface area contributed by atoms with Crippen LogP contribution in [0.5, 0.6) is 0 Å². The third kappa shape index (κ3) is 5.44. The Kier molecular flexibility index (Phi) is 5.73. The van der Waals surface area contributed by atoms with E-state index in [0.717, 1.165) is 0 Å². The van der Waals surface area contributed by atoms with Gasteiger partial charge in [-0.15, -0.1) is 0 Å². The summed E-state index contributed by atoms with van der Waals surface area (Å²) in [7, 11) is 0. The molecule has 21 heavy (non-hydrogen) atoms. The summed E-state index contributed by atoms with van der Waals surface area (Å²) >= 11 is 0. The predicted octanol–water partition coefficient (Wildman–Crippen LogP) is 1.84. The third-order valence-corrected chi connectivity index (χ3v) is 2.53. The smallest absolute Gasteiger partial charge is 0.384 e.